The number of aliphatic hydroxyl groups excluding tert-OH is 1. The molecule has 122 valence electrons. The SMILES string of the molecule is CC1(CO)CCCC1NC(=O)c1cnn(-c2cccc(Cl)c2)c1. The first-order valence-electron chi connectivity index (χ1n) is 7.74. The second-order valence-electron chi connectivity index (χ2n) is 6.38. The molecule has 2 aromatic rings. The first kappa shape index (κ1) is 16.0. The van der Waals surface area contributed by atoms with Crippen LogP contribution in [0.15, 0.2) is 36.7 Å². The zero-order valence-electron chi connectivity index (χ0n) is 13.0. The summed E-state index contributed by atoms with van der Waals surface area (Å²) in [5.41, 5.74) is 1.06. The van der Waals surface area contributed by atoms with Crippen LogP contribution in [0, 0.1) is 5.41 Å². The van der Waals surface area contributed by atoms with E-state index in [-0.39, 0.29) is 24.0 Å². The van der Waals surface area contributed by atoms with Crippen molar-refractivity contribution in [1.82, 2.24) is 15.1 Å². The Kier molecular flexibility index (Phi) is 4.41. The molecular weight excluding hydrogens is 314 g/mol. The number of carbonyl (C=O) groups is 1. The molecule has 1 amide bonds. The predicted molar refractivity (Wildman–Crippen MR) is 88.9 cm³/mol. The number of halogens is 1. The van der Waals surface area contributed by atoms with E-state index in [2.05, 4.69) is 10.4 Å². The molecule has 3 rings (SSSR count). The van der Waals surface area contributed by atoms with Crippen LogP contribution < -0.4 is 5.32 Å². The van der Waals surface area contributed by atoms with Crippen LogP contribution in [0.1, 0.15) is 36.5 Å². The van der Waals surface area contributed by atoms with E-state index in [0.29, 0.717) is 10.6 Å². The van der Waals surface area contributed by atoms with Gasteiger partial charge >= 0.3 is 0 Å². The maximum absolute atomic E-state index is 12.4. The molecule has 1 saturated carbocycles. The van der Waals surface area contributed by atoms with Gasteiger partial charge in [-0.15, -0.1) is 0 Å². The fourth-order valence-electron chi connectivity index (χ4n) is 3.11. The third-order valence-electron chi connectivity index (χ3n) is 4.67. The summed E-state index contributed by atoms with van der Waals surface area (Å²) in [6, 6.07) is 7.29. The van der Waals surface area contributed by atoms with Crippen molar-refractivity contribution in [3.05, 3.63) is 47.2 Å². The highest BCUT2D eigenvalue weighted by Gasteiger charge is 2.39. The normalized spacial score (nSPS) is 23.9. The van der Waals surface area contributed by atoms with E-state index >= 15 is 0 Å². The van der Waals surface area contributed by atoms with E-state index < -0.39 is 0 Å². The highest BCUT2D eigenvalue weighted by atomic mass is 35.5. The van der Waals surface area contributed by atoms with Crippen LogP contribution in [0.2, 0.25) is 5.02 Å². The number of nitrogens with zero attached hydrogens (tertiary/aromatic N) is 2. The Bertz CT molecular complexity index is 715. The zero-order chi connectivity index (χ0) is 16.4. The number of benzene rings is 1. The van der Waals surface area contributed by atoms with Crippen molar-refractivity contribution < 1.29 is 9.90 Å². The highest BCUT2D eigenvalue weighted by molar-refractivity contribution is 6.30. The number of hydrogen-bond donors (Lipinski definition) is 2. The Morgan fingerprint density at radius 2 is 2.39 bits per heavy atom. The van der Waals surface area contributed by atoms with Crippen molar-refractivity contribution in [1.29, 1.82) is 0 Å². The van der Waals surface area contributed by atoms with Crippen LogP contribution in [0.25, 0.3) is 5.69 Å². The number of rotatable bonds is 4. The molecule has 6 heteroatoms. The Hall–Kier alpha value is -1.85. The van der Waals surface area contributed by atoms with Crippen molar-refractivity contribution >= 4 is 17.5 Å². The van der Waals surface area contributed by atoms with Crippen LogP contribution in [0.3, 0.4) is 0 Å². The minimum atomic E-state index is -0.237. The quantitative estimate of drug-likeness (QED) is 0.904. The van der Waals surface area contributed by atoms with Gasteiger partial charge in [0.25, 0.3) is 5.91 Å². The van der Waals surface area contributed by atoms with Crippen LogP contribution >= 0.6 is 11.6 Å². The van der Waals surface area contributed by atoms with E-state index in [0.717, 1.165) is 24.9 Å². The Balaban J connectivity index is 1.74. The molecule has 2 atom stereocenters. The molecule has 1 aliphatic rings. The van der Waals surface area contributed by atoms with Crippen molar-refractivity contribution in [2.75, 3.05) is 6.61 Å². The fraction of sp³-hybridized carbons (Fsp3) is 0.412. The minimum Gasteiger partial charge on any atom is -0.396 e. The van der Waals surface area contributed by atoms with E-state index in [4.69, 9.17) is 11.6 Å². The lowest BCUT2D eigenvalue weighted by molar-refractivity contribution is 0.0830. The lowest BCUT2D eigenvalue weighted by Gasteiger charge is -2.29. The summed E-state index contributed by atoms with van der Waals surface area (Å²) in [7, 11) is 0. The predicted octanol–water partition coefficient (Wildman–Crippen LogP) is 2.81. The van der Waals surface area contributed by atoms with E-state index in [1.807, 2.05) is 19.1 Å². The molecular formula is C17H20ClN3O2. The van der Waals surface area contributed by atoms with Crippen molar-refractivity contribution in [3.8, 4) is 5.69 Å². The van der Waals surface area contributed by atoms with Gasteiger partial charge in [0.15, 0.2) is 0 Å². The monoisotopic (exact) mass is 333 g/mol. The number of aliphatic hydroxyl groups is 1. The number of amides is 1. The highest BCUT2D eigenvalue weighted by Crippen LogP contribution is 2.37. The zero-order valence-corrected chi connectivity index (χ0v) is 13.8. The molecule has 0 saturated heterocycles. The summed E-state index contributed by atoms with van der Waals surface area (Å²) in [4.78, 5) is 12.4. The van der Waals surface area contributed by atoms with Crippen molar-refractivity contribution in [2.45, 2.75) is 32.2 Å². The molecule has 1 fully saturated rings. The van der Waals surface area contributed by atoms with Crippen LogP contribution in [-0.2, 0) is 0 Å². The number of hydrogen-bond acceptors (Lipinski definition) is 3. The molecule has 1 aromatic carbocycles. The molecule has 0 spiro atoms. The van der Waals surface area contributed by atoms with Crippen molar-refractivity contribution in [3.63, 3.8) is 0 Å². The molecule has 2 unspecified atom stereocenters. The average Bonchev–Trinajstić information content (AvgIpc) is 3.16. The molecule has 0 bridgehead atoms. The summed E-state index contributed by atoms with van der Waals surface area (Å²) in [6.45, 7) is 2.10. The fourth-order valence-corrected chi connectivity index (χ4v) is 3.29. The lowest BCUT2D eigenvalue weighted by Crippen LogP contribution is -2.44. The Morgan fingerprint density at radius 3 is 3.13 bits per heavy atom. The van der Waals surface area contributed by atoms with E-state index in [9.17, 15) is 9.90 Å². The van der Waals surface area contributed by atoms with Crippen LogP contribution in [-0.4, -0.2) is 33.4 Å². The van der Waals surface area contributed by atoms with Crippen LogP contribution in [0.5, 0.6) is 0 Å². The molecule has 1 aromatic heterocycles. The van der Waals surface area contributed by atoms with Gasteiger partial charge in [-0.2, -0.15) is 5.10 Å². The van der Waals surface area contributed by atoms with Gasteiger partial charge in [-0.25, -0.2) is 4.68 Å². The largest absolute Gasteiger partial charge is 0.396 e. The number of aromatic nitrogens is 2. The third kappa shape index (κ3) is 3.26. The van der Waals surface area contributed by atoms with Crippen molar-refractivity contribution in [2.24, 2.45) is 5.41 Å². The maximum Gasteiger partial charge on any atom is 0.254 e. The third-order valence-corrected chi connectivity index (χ3v) is 4.90. The van der Waals surface area contributed by atoms with Gasteiger partial charge in [0.2, 0.25) is 0 Å². The summed E-state index contributed by atoms with van der Waals surface area (Å²) in [5, 5.41) is 17.5. The molecule has 5 nitrogen and oxygen atoms in total. The van der Waals surface area contributed by atoms with Gasteiger partial charge in [-0.3, -0.25) is 4.79 Å². The van der Waals surface area contributed by atoms with Crippen LogP contribution in [0.4, 0.5) is 0 Å². The molecule has 1 heterocycles. The first-order chi connectivity index (χ1) is 11.0. The van der Waals surface area contributed by atoms with Gasteiger partial charge in [0.1, 0.15) is 0 Å². The Labute approximate surface area is 140 Å². The van der Waals surface area contributed by atoms with Gasteiger partial charge in [-0.1, -0.05) is 31.0 Å². The molecule has 1 aliphatic carbocycles. The first-order valence-corrected chi connectivity index (χ1v) is 8.12. The summed E-state index contributed by atoms with van der Waals surface area (Å²) >= 11 is 5.98. The summed E-state index contributed by atoms with van der Waals surface area (Å²) < 4.78 is 1.63. The molecule has 0 aliphatic heterocycles. The second kappa shape index (κ2) is 6.34. The minimum absolute atomic E-state index is 0.00507. The van der Waals surface area contributed by atoms with E-state index in [1.165, 1.54) is 0 Å². The Morgan fingerprint density at radius 1 is 1.57 bits per heavy atom. The van der Waals surface area contributed by atoms with Gasteiger partial charge in [-0.05, 0) is 31.0 Å². The summed E-state index contributed by atoms with van der Waals surface area (Å²) in [5.74, 6) is -0.162. The second-order valence-corrected chi connectivity index (χ2v) is 6.82. The molecule has 23 heavy (non-hydrogen) atoms. The topological polar surface area (TPSA) is 67.2 Å². The molecule has 0 radical (unpaired) electrons. The number of nitrogens with one attached hydrogen (secondary N) is 1. The average molecular weight is 334 g/mol. The smallest absolute Gasteiger partial charge is 0.254 e. The molecule has 2 N–H and O–H groups in total. The van der Waals surface area contributed by atoms with Gasteiger partial charge in [0.05, 0.1) is 24.1 Å². The van der Waals surface area contributed by atoms with Gasteiger partial charge < -0.3 is 10.4 Å². The number of carbonyl (C=O) groups excluding carboxylic acids is 1. The van der Waals surface area contributed by atoms with E-state index in [1.54, 1.807) is 29.2 Å². The summed E-state index contributed by atoms with van der Waals surface area (Å²) in [6.07, 6.45) is 6.07. The standard InChI is InChI=1S/C17H20ClN3O2/c1-17(11-22)7-3-6-15(17)20-16(23)12-9-19-21(10-12)14-5-2-4-13(18)8-14/h2,4-5,8-10,15,22H,3,6-7,11H2,1H3,(H,20,23). The van der Waals surface area contributed by atoms with Gasteiger partial charge in [0, 0.05) is 22.7 Å². The maximum atomic E-state index is 12.4. The lowest BCUT2D eigenvalue weighted by atomic mass is 9.85.